The Hall–Kier alpha value is -4.46. The molecule has 0 aromatic heterocycles. The number of nitro benzene ring substituents is 1. The van der Waals surface area contributed by atoms with Gasteiger partial charge < -0.3 is 9.92 Å². The monoisotopic (exact) mass is 501 g/mol. The van der Waals surface area contributed by atoms with Crippen LogP contribution < -0.4 is 9.92 Å². The number of urea groups is 1. The second kappa shape index (κ2) is 10.2. The molecule has 2 aromatic carbocycles. The molecular weight excluding hydrogens is 482 g/mol. The molecule has 182 valence electrons. The summed E-state index contributed by atoms with van der Waals surface area (Å²) < 4.78 is 29.9. The van der Waals surface area contributed by atoms with Gasteiger partial charge in [-0.2, -0.15) is 18.4 Å². The van der Waals surface area contributed by atoms with Crippen molar-refractivity contribution in [2.45, 2.75) is 24.7 Å². The van der Waals surface area contributed by atoms with Crippen molar-refractivity contribution in [3.05, 3.63) is 64.2 Å². The highest BCUT2D eigenvalue weighted by atomic mass is 32.2. The topological polar surface area (TPSA) is 192 Å². The minimum absolute atomic E-state index is 0.0793. The van der Waals surface area contributed by atoms with Gasteiger partial charge in [0.2, 0.25) is 0 Å². The Balaban J connectivity index is 1.81. The largest absolute Gasteiger partial charge is 0.382 e. The summed E-state index contributed by atoms with van der Waals surface area (Å²) in [5.41, 5.74) is 4.70. The fourth-order valence-corrected chi connectivity index (χ4v) is 3.84. The van der Waals surface area contributed by atoms with E-state index < -0.39 is 44.4 Å². The summed E-state index contributed by atoms with van der Waals surface area (Å²) in [5.74, 6) is -2.53. The summed E-state index contributed by atoms with van der Waals surface area (Å²) in [7, 11) is -4.37. The first-order valence-corrected chi connectivity index (χ1v) is 11.6. The van der Waals surface area contributed by atoms with Crippen LogP contribution in [0.2, 0.25) is 0 Å². The molecule has 14 heteroatoms. The predicted octanol–water partition coefficient (Wildman–Crippen LogP) is 2.06. The number of benzene rings is 2. The standard InChI is InChI=1S/C21H19N5O8S/c1-2-3-11-25-20(28)17(18(22)24-21(25)29)23-19(27)13-7-9-16(10-8-13)35(32,33)34-15-6-4-5-14(12-15)26(30)31/h4-10,12H,2-3,11H2,1H3,(H2,22,24,29). The predicted molar refractivity (Wildman–Crippen MR) is 123 cm³/mol. The third-order valence-electron chi connectivity index (χ3n) is 4.71. The van der Waals surface area contributed by atoms with Gasteiger partial charge in [0.05, 0.1) is 11.0 Å². The van der Waals surface area contributed by atoms with Gasteiger partial charge in [0.1, 0.15) is 10.6 Å². The van der Waals surface area contributed by atoms with Crippen molar-refractivity contribution in [1.29, 1.82) is 0 Å². The SMILES string of the molecule is CCCCN1C(=O)N=C(N)C(=NC(=O)c2ccc(S(=O)(=O)Oc3cccc([N+](=O)[O-])c3)cc2)C1=O. The van der Waals surface area contributed by atoms with Crippen LogP contribution in [0.1, 0.15) is 30.1 Å². The number of amides is 4. The highest BCUT2D eigenvalue weighted by Gasteiger charge is 2.33. The molecule has 2 aromatic rings. The van der Waals surface area contributed by atoms with E-state index in [9.17, 15) is 32.9 Å². The molecule has 1 aliphatic heterocycles. The quantitative estimate of drug-likeness (QED) is 0.320. The molecule has 0 spiro atoms. The molecule has 0 fully saturated rings. The first-order valence-electron chi connectivity index (χ1n) is 10.2. The first-order chi connectivity index (χ1) is 16.5. The molecule has 0 atom stereocenters. The summed E-state index contributed by atoms with van der Waals surface area (Å²) in [5, 5.41) is 10.9. The van der Waals surface area contributed by atoms with Gasteiger partial charge in [0, 0.05) is 18.2 Å². The van der Waals surface area contributed by atoms with Crippen LogP contribution in [-0.2, 0) is 14.9 Å². The second-order valence-corrected chi connectivity index (χ2v) is 8.72. The number of hydrogen-bond acceptors (Lipinski definition) is 9. The lowest BCUT2D eigenvalue weighted by Gasteiger charge is -2.22. The third-order valence-corrected chi connectivity index (χ3v) is 5.97. The van der Waals surface area contributed by atoms with Crippen LogP contribution in [0.5, 0.6) is 5.75 Å². The van der Waals surface area contributed by atoms with E-state index in [1.807, 2.05) is 6.92 Å². The zero-order valence-corrected chi connectivity index (χ0v) is 19.1. The lowest BCUT2D eigenvalue weighted by molar-refractivity contribution is -0.384. The molecule has 0 unspecified atom stereocenters. The van der Waals surface area contributed by atoms with E-state index in [0.717, 1.165) is 35.2 Å². The van der Waals surface area contributed by atoms with Crippen molar-refractivity contribution >= 4 is 45.2 Å². The van der Waals surface area contributed by atoms with Crippen molar-refractivity contribution in [3.63, 3.8) is 0 Å². The molecule has 4 amide bonds. The van der Waals surface area contributed by atoms with Gasteiger partial charge in [0.25, 0.3) is 17.5 Å². The normalized spacial score (nSPS) is 15.2. The van der Waals surface area contributed by atoms with Gasteiger partial charge in [-0.25, -0.2) is 4.79 Å². The van der Waals surface area contributed by atoms with Crippen molar-refractivity contribution in [2.75, 3.05) is 6.54 Å². The molecule has 13 nitrogen and oxygen atoms in total. The zero-order valence-electron chi connectivity index (χ0n) is 18.3. The van der Waals surface area contributed by atoms with Crippen molar-refractivity contribution < 1.29 is 31.9 Å². The smallest absolute Gasteiger partial charge is 0.352 e. The Kier molecular flexibility index (Phi) is 7.34. The highest BCUT2D eigenvalue weighted by molar-refractivity contribution is 7.87. The van der Waals surface area contributed by atoms with Crippen LogP contribution in [0.15, 0.2) is 63.4 Å². The van der Waals surface area contributed by atoms with E-state index in [1.54, 1.807) is 0 Å². The average molecular weight is 501 g/mol. The first kappa shape index (κ1) is 25.2. The van der Waals surface area contributed by atoms with Gasteiger partial charge in [-0.1, -0.05) is 19.4 Å². The maximum atomic E-state index is 12.6. The van der Waals surface area contributed by atoms with Crippen LogP contribution >= 0.6 is 0 Å². The van der Waals surface area contributed by atoms with Gasteiger partial charge in [-0.15, -0.1) is 0 Å². The van der Waals surface area contributed by atoms with E-state index in [-0.39, 0.29) is 28.4 Å². The maximum Gasteiger partial charge on any atom is 0.352 e. The van der Waals surface area contributed by atoms with Crippen LogP contribution in [0.4, 0.5) is 10.5 Å². The number of nitrogens with zero attached hydrogens (tertiary/aromatic N) is 4. The third kappa shape index (κ3) is 5.73. The number of aliphatic imine (C=N–C) groups is 2. The van der Waals surface area contributed by atoms with Crippen LogP contribution in [0, 0.1) is 10.1 Å². The van der Waals surface area contributed by atoms with E-state index in [4.69, 9.17) is 9.92 Å². The summed E-state index contributed by atoms with van der Waals surface area (Å²) >= 11 is 0. The van der Waals surface area contributed by atoms with Crippen LogP contribution in [0.3, 0.4) is 0 Å². The number of non-ortho nitro benzene ring substituents is 1. The molecule has 1 heterocycles. The molecule has 2 N–H and O–H groups in total. The minimum Gasteiger partial charge on any atom is -0.382 e. The van der Waals surface area contributed by atoms with Gasteiger partial charge in [0.15, 0.2) is 11.5 Å². The second-order valence-electron chi connectivity index (χ2n) is 7.17. The van der Waals surface area contributed by atoms with E-state index in [1.165, 1.54) is 18.2 Å². The average Bonchev–Trinajstić information content (AvgIpc) is 2.81. The Morgan fingerprint density at radius 3 is 2.51 bits per heavy atom. The van der Waals surface area contributed by atoms with E-state index in [0.29, 0.717) is 12.8 Å². The Bertz CT molecular complexity index is 1370. The summed E-state index contributed by atoms with van der Waals surface area (Å²) in [6, 6.07) is 8.19. The molecule has 35 heavy (non-hydrogen) atoms. The van der Waals surface area contributed by atoms with Crippen molar-refractivity contribution in [3.8, 4) is 5.75 Å². The molecule has 1 aliphatic rings. The number of amidine groups is 1. The molecule has 0 radical (unpaired) electrons. The Morgan fingerprint density at radius 1 is 1.20 bits per heavy atom. The number of imide groups is 1. The molecule has 3 rings (SSSR count). The number of carbonyl (C=O) groups is 3. The van der Waals surface area contributed by atoms with Crippen molar-refractivity contribution in [1.82, 2.24) is 4.90 Å². The Labute approximate surface area is 199 Å². The molecule has 0 aliphatic carbocycles. The van der Waals surface area contributed by atoms with Gasteiger partial charge >= 0.3 is 16.1 Å². The number of unbranched alkanes of at least 4 members (excludes halogenated alkanes) is 1. The number of rotatable bonds is 8. The van der Waals surface area contributed by atoms with Crippen LogP contribution in [0.25, 0.3) is 0 Å². The fourth-order valence-electron chi connectivity index (χ4n) is 2.91. The number of carbonyl (C=O) groups excluding carboxylic acids is 3. The summed E-state index contributed by atoms with van der Waals surface area (Å²) in [6.07, 6.45) is 1.24. The number of hydrogen-bond donors (Lipinski definition) is 1. The lowest BCUT2D eigenvalue weighted by Crippen LogP contribution is -2.50. The van der Waals surface area contributed by atoms with Gasteiger partial charge in [-0.05, 0) is 36.8 Å². The minimum atomic E-state index is -4.37. The Morgan fingerprint density at radius 2 is 1.89 bits per heavy atom. The number of nitrogens with two attached hydrogens (primary N) is 1. The highest BCUT2D eigenvalue weighted by Crippen LogP contribution is 2.23. The molecule has 0 saturated carbocycles. The summed E-state index contributed by atoms with van der Waals surface area (Å²) in [4.78, 5) is 54.9. The molecule has 0 bridgehead atoms. The number of nitro groups is 1. The maximum absolute atomic E-state index is 12.6. The molecular formula is C21H19N5O8S. The molecule has 0 saturated heterocycles. The fraction of sp³-hybridized carbons (Fsp3) is 0.190. The zero-order chi connectivity index (χ0) is 25.8. The van der Waals surface area contributed by atoms with E-state index >= 15 is 0 Å². The summed E-state index contributed by atoms with van der Waals surface area (Å²) in [6.45, 7) is 1.96. The van der Waals surface area contributed by atoms with E-state index in [2.05, 4.69) is 9.98 Å². The van der Waals surface area contributed by atoms with Gasteiger partial charge in [-0.3, -0.25) is 24.6 Å². The van der Waals surface area contributed by atoms with Crippen LogP contribution in [-0.4, -0.2) is 54.2 Å². The lowest BCUT2D eigenvalue weighted by atomic mass is 10.2. The van der Waals surface area contributed by atoms with Crippen molar-refractivity contribution in [2.24, 2.45) is 15.7 Å².